The average molecular weight is 424 g/mol. The summed E-state index contributed by atoms with van der Waals surface area (Å²) in [6, 6.07) is 11.6. The molecule has 0 aromatic heterocycles. The summed E-state index contributed by atoms with van der Waals surface area (Å²) >= 11 is 0. The van der Waals surface area contributed by atoms with Gasteiger partial charge >= 0.3 is 5.97 Å². The minimum Gasteiger partial charge on any atom is -0.493 e. The van der Waals surface area contributed by atoms with Gasteiger partial charge in [-0.15, -0.1) is 0 Å². The molecule has 31 heavy (non-hydrogen) atoms. The molecule has 1 unspecified atom stereocenters. The number of amidine groups is 1. The van der Waals surface area contributed by atoms with Gasteiger partial charge in [0.1, 0.15) is 17.6 Å². The summed E-state index contributed by atoms with van der Waals surface area (Å²) in [7, 11) is 4.26. The van der Waals surface area contributed by atoms with Crippen LogP contribution in [0.3, 0.4) is 0 Å². The highest BCUT2D eigenvalue weighted by Gasteiger charge is 2.35. The molecule has 1 aliphatic rings. The third-order valence-corrected chi connectivity index (χ3v) is 4.87. The van der Waals surface area contributed by atoms with E-state index in [9.17, 15) is 9.59 Å². The molecule has 0 aliphatic carbocycles. The van der Waals surface area contributed by atoms with Crippen molar-refractivity contribution in [1.29, 1.82) is 5.41 Å². The first-order valence-corrected chi connectivity index (χ1v) is 9.40. The van der Waals surface area contributed by atoms with Gasteiger partial charge in [-0.1, -0.05) is 30.3 Å². The molecule has 3 rings (SSSR count). The largest absolute Gasteiger partial charge is 0.493 e. The number of carbonyl (C=O) groups is 2. The minimum absolute atomic E-state index is 0.0216. The number of rotatable bonds is 7. The Labute approximate surface area is 179 Å². The Hall–Kier alpha value is -4.01. The van der Waals surface area contributed by atoms with Crippen molar-refractivity contribution in [2.75, 3.05) is 21.3 Å². The third kappa shape index (κ3) is 4.45. The lowest BCUT2D eigenvalue weighted by Gasteiger charge is -2.35. The molecule has 2 aromatic carbocycles. The molecular weight excluding hydrogens is 400 g/mol. The van der Waals surface area contributed by atoms with E-state index in [2.05, 4.69) is 5.32 Å². The molecule has 1 aliphatic heterocycles. The van der Waals surface area contributed by atoms with Gasteiger partial charge in [-0.25, -0.2) is 4.79 Å². The second-order valence-electron chi connectivity index (χ2n) is 6.80. The maximum absolute atomic E-state index is 13.1. The molecule has 0 spiro atoms. The number of hydrogen-bond donors (Lipinski definition) is 3. The number of amides is 1. The Kier molecular flexibility index (Phi) is 6.44. The zero-order valence-electron chi connectivity index (χ0n) is 17.5. The van der Waals surface area contributed by atoms with Crippen LogP contribution in [0.4, 0.5) is 0 Å². The van der Waals surface area contributed by atoms with Crippen LogP contribution in [0.2, 0.25) is 0 Å². The van der Waals surface area contributed by atoms with Crippen molar-refractivity contribution in [2.24, 2.45) is 5.73 Å². The van der Waals surface area contributed by atoms with Crippen molar-refractivity contribution in [3.05, 3.63) is 71.1 Å². The summed E-state index contributed by atoms with van der Waals surface area (Å²) < 4.78 is 15.7. The number of nitrogens with two attached hydrogens (primary N) is 1. The van der Waals surface area contributed by atoms with Gasteiger partial charge < -0.3 is 30.2 Å². The average Bonchev–Trinajstić information content (AvgIpc) is 2.77. The van der Waals surface area contributed by atoms with E-state index in [1.807, 2.05) is 6.07 Å². The standard InChI is InChI=1S/C22H24N4O5/c1-29-17-9-5-8-15(19(17)30-2)18-21(27)25-16(22(28)31-3)12-26(18)11-13-6-4-7-14(10-13)20(23)24/h4-10,12,18H,11H2,1-3H3,(H3,23,24)(H,25,27). The lowest BCUT2D eigenvalue weighted by atomic mass is 9.99. The SMILES string of the molecule is COC(=O)C1=CN(Cc2cccc(C(=N)N)c2)C(c2cccc(OC)c2OC)C(=O)N1. The molecule has 0 bridgehead atoms. The molecule has 162 valence electrons. The van der Waals surface area contributed by atoms with E-state index in [-0.39, 0.29) is 18.1 Å². The number of hydrogen-bond acceptors (Lipinski definition) is 7. The van der Waals surface area contributed by atoms with Crippen LogP contribution in [0.1, 0.15) is 22.7 Å². The van der Waals surface area contributed by atoms with E-state index < -0.39 is 17.9 Å². The Morgan fingerprint density at radius 2 is 1.90 bits per heavy atom. The number of nitrogens with one attached hydrogen (secondary N) is 2. The summed E-state index contributed by atoms with van der Waals surface area (Å²) in [5.41, 5.74) is 7.56. The van der Waals surface area contributed by atoms with E-state index in [0.29, 0.717) is 22.6 Å². The van der Waals surface area contributed by atoms with Crippen molar-refractivity contribution in [3.8, 4) is 11.5 Å². The number of methoxy groups -OCH3 is 3. The molecule has 4 N–H and O–H groups in total. The van der Waals surface area contributed by atoms with Gasteiger partial charge in [-0.3, -0.25) is 10.2 Å². The second kappa shape index (κ2) is 9.21. The summed E-state index contributed by atoms with van der Waals surface area (Å²) in [6.45, 7) is 0.264. The number of para-hydroxylation sites is 1. The highest BCUT2D eigenvalue weighted by molar-refractivity contribution is 5.97. The van der Waals surface area contributed by atoms with Crippen LogP contribution in [-0.4, -0.2) is 43.9 Å². The Bertz CT molecular complexity index is 1050. The van der Waals surface area contributed by atoms with Gasteiger partial charge in [0, 0.05) is 23.9 Å². The molecule has 1 atom stereocenters. The number of benzene rings is 2. The van der Waals surface area contributed by atoms with Crippen LogP contribution in [0, 0.1) is 5.41 Å². The van der Waals surface area contributed by atoms with Crippen molar-refractivity contribution < 1.29 is 23.8 Å². The molecule has 1 amide bonds. The molecule has 0 saturated heterocycles. The second-order valence-corrected chi connectivity index (χ2v) is 6.80. The summed E-state index contributed by atoms with van der Waals surface area (Å²) in [6.07, 6.45) is 1.54. The molecular formula is C22H24N4O5. The van der Waals surface area contributed by atoms with Gasteiger partial charge in [0.25, 0.3) is 5.91 Å². The van der Waals surface area contributed by atoms with Crippen molar-refractivity contribution in [3.63, 3.8) is 0 Å². The zero-order chi connectivity index (χ0) is 22.5. The predicted octanol–water partition coefficient (Wildman–Crippen LogP) is 1.68. The maximum atomic E-state index is 13.1. The van der Waals surface area contributed by atoms with Crippen LogP contribution in [0.25, 0.3) is 0 Å². The van der Waals surface area contributed by atoms with Crippen molar-refractivity contribution >= 4 is 17.7 Å². The Morgan fingerprint density at radius 3 is 2.55 bits per heavy atom. The predicted molar refractivity (Wildman–Crippen MR) is 114 cm³/mol. The van der Waals surface area contributed by atoms with Crippen LogP contribution in [-0.2, 0) is 20.9 Å². The number of nitrogens with zero attached hydrogens (tertiary/aromatic N) is 1. The molecule has 9 heteroatoms. The minimum atomic E-state index is -0.806. The topological polar surface area (TPSA) is 127 Å². The molecule has 0 saturated carbocycles. The number of carbonyl (C=O) groups excluding carboxylic acids is 2. The van der Waals surface area contributed by atoms with E-state index >= 15 is 0 Å². The fourth-order valence-electron chi connectivity index (χ4n) is 3.47. The fraction of sp³-hybridized carbons (Fsp3) is 0.227. The van der Waals surface area contributed by atoms with Crippen LogP contribution >= 0.6 is 0 Å². The number of ether oxygens (including phenoxy) is 3. The quantitative estimate of drug-likeness (QED) is 0.351. The van der Waals surface area contributed by atoms with Gasteiger partial charge in [-0.05, 0) is 17.7 Å². The smallest absolute Gasteiger partial charge is 0.356 e. The third-order valence-electron chi connectivity index (χ3n) is 4.87. The molecule has 0 fully saturated rings. The molecule has 2 aromatic rings. The van der Waals surface area contributed by atoms with Gasteiger partial charge in [-0.2, -0.15) is 0 Å². The monoisotopic (exact) mass is 424 g/mol. The first-order valence-electron chi connectivity index (χ1n) is 9.40. The fourth-order valence-corrected chi connectivity index (χ4v) is 3.47. The van der Waals surface area contributed by atoms with E-state index in [0.717, 1.165) is 5.56 Å². The molecule has 9 nitrogen and oxygen atoms in total. The lowest BCUT2D eigenvalue weighted by Crippen LogP contribution is -2.44. The van der Waals surface area contributed by atoms with Crippen molar-refractivity contribution in [1.82, 2.24) is 10.2 Å². The van der Waals surface area contributed by atoms with Crippen LogP contribution in [0.5, 0.6) is 11.5 Å². The van der Waals surface area contributed by atoms with E-state index in [1.165, 1.54) is 27.5 Å². The normalized spacial score (nSPS) is 15.6. The van der Waals surface area contributed by atoms with Gasteiger partial charge in [0.15, 0.2) is 11.5 Å². The highest BCUT2D eigenvalue weighted by atomic mass is 16.5. The van der Waals surface area contributed by atoms with E-state index in [1.54, 1.807) is 41.3 Å². The first kappa shape index (κ1) is 21.7. The van der Waals surface area contributed by atoms with Crippen LogP contribution in [0.15, 0.2) is 54.4 Å². The molecule has 1 heterocycles. The number of esters is 1. The van der Waals surface area contributed by atoms with Gasteiger partial charge in [0.2, 0.25) is 0 Å². The Morgan fingerprint density at radius 1 is 1.16 bits per heavy atom. The summed E-state index contributed by atoms with van der Waals surface area (Å²) in [5, 5.41) is 10.3. The Balaban J connectivity index is 2.09. The number of nitrogen functional groups attached to an aromatic ring is 1. The highest BCUT2D eigenvalue weighted by Crippen LogP contribution is 2.39. The van der Waals surface area contributed by atoms with Gasteiger partial charge in [0.05, 0.1) is 21.3 Å². The maximum Gasteiger partial charge on any atom is 0.356 e. The summed E-state index contributed by atoms with van der Waals surface area (Å²) in [4.78, 5) is 26.9. The van der Waals surface area contributed by atoms with Crippen molar-refractivity contribution in [2.45, 2.75) is 12.6 Å². The summed E-state index contributed by atoms with van der Waals surface area (Å²) in [5.74, 6) is -0.240. The lowest BCUT2D eigenvalue weighted by molar-refractivity contribution is -0.139. The first-order chi connectivity index (χ1) is 14.9. The molecule has 0 radical (unpaired) electrons. The van der Waals surface area contributed by atoms with Crippen LogP contribution < -0.4 is 20.5 Å². The zero-order valence-corrected chi connectivity index (χ0v) is 17.5. The van der Waals surface area contributed by atoms with E-state index in [4.69, 9.17) is 25.4 Å².